The summed E-state index contributed by atoms with van der Waals surface area (Å²) in [6, 6.07) is -0.122. The Hall–Kier alpha value is -1.16. The lowest BCUT2D eigenvalue weighted by Crippen LogP contribution is -2.36. The fraction of sp³-hybridized carbons (Fsp3) is 0.545. The number of anilines is 1. The molecule has 2 rings (SSSR count). The standard InChI is InChI=1S/C11H14ClN3O/c1-3-4-8-9(16)5-7-6(2)13-11(12)15-10(7)14-8/h8H,3-5H2,1-2H3,(H,13,14,15). The van der Waals surface area contributed by atoms with Crippen molar-refractivity contribution in [3.8, 4) is 0 Å². The van der Waals surface area contributed by atoms with Crippen LogP contribution < -0.4 is 5.32 Å². The van der Waals surface area contributed by atoms with Gasteiger partial charge in [-0.3, -0.25) is 4.79 Å². The molecule has 0 bridgehead atoms. The fourth-order valence-electron chi connectivity index (χ4n) is 1.96. The van der Waals surface area contributed by atoms with Crippen molar-refractivity contribution in [2.24, 2.45) is 0 Å². The predicted molar refractivity (Wildman–Crippen MR) is 62.8 cm³/mol. The van der Waals surface area contributed by atoms with E-state index in [2.05, 4.69) is 22.2 Å². The Morgan fingerprint density at radius 1 is 1.50 bits per heavy atom. The van der Waals surface area contributed by atoms with Crippen molar-refractivity contribution in [2.45, 2.75) is 39.2 Å². The highest BCUT2D eigenvalue weighted by Crippen LogP contribution is 2.25. The van der Waals surface area contributed by atoms with E-state index >= 15 is 0 Å². The second-order valence-corrected chi connectivity index (χ2v) is 4.37. The van der Waals surface area contributed by atoms with Crippen LogP contribution in [0.2, 0.25) is 5.28 Å². The van der Waals surface area contributed by atoms with E-state index in [1.807, 2.05) is 6.92 Å². The highest BCUT2D eigenvalue weighted by Gasteiger charge is 2.27. The molecule has 1 unspecified atom stereocenters. The van der Waals surface area contributed by atoms with Crippen LogP contribution in [0.5, 0.6) is 0 Å². The van der Waals surface area contributed by atoms with Crippen LogP contribution in [0.3, 0.4) is 0 Å². The molecule has 0 saturated heterocycles. The predicted octanol–water partition coefficient (Wildman–Crippen LogP) is 2.14. The van der Waals surface area contributed by atoms with E-state index in [-0.39, 0.29) is 17.1 Å². The summed E-state index contributed by atoms with van der Waals surface area (Å²) in [5, 5.41) is 3.37. The van der Waals surface area contributed by atoms with E-state index in [0.717, 1.165) is 29.9 Å². The number of fused-ring (bicyclic) bond motifs is 1. The normalized spacial score (nSPS) is 19.2. The van der Waals surface area contributed by atoms with Crippen LogP contribution in [-0.4, -0.2) is 21.8 Å². The molecule has 0 radical (unpaired) electrons. The summed E-state index contributed by atoms with van der Waals surface area (Å²) in [6.07, 6.45) is 2.21. The van der Waals surface area contributed by atoms with Gasteiger partial charge in [0.2, 0.25) is 5.28 Å². The number of aryl methyl sites for hydroxylation is 1. The van der Waals surface area contributed by atoms with Gasteiger partial charge in [0.15, 0.2) is 5.78 Å². The molecular formula is C11H14ClN3O. The summed E-state index contributed by atoms with van der Waals surface area (Å²) < 4.78 is 0. The Kier molecular flexibility index (Phi) is 3.10. The molecule has 5 heteroatoms. The smallest absolute Gasteiger partial charge is 0.224 e. The first kappa shape index (κ1) is 11.3. The minimum atomic E-state index is -0.122. The molecule has 0 amide bonds. The lowest BCUT2D eigenvalue weighted by molar-refractivity contribution is -0.119. The van der Waals surface area contributed by atoms with Crippen molar-refractivity contribution < 1.29 is 4.79 Å². The van der Waals surface area contributed by atoms with E-state index in [4.69, 9.17) is 11.6 Å². The van der Waals surface area contributed by atoms with Crippen LogP contribution in [0.25, 0.3) is 0 Å². The third kappa shape index (κ3) is 2.02. The van der Waals surface area contributed by atoms with Crippen LogP contribution in [0.1, 0.15) is 31.0 Å². The highest BCUT2D eigenvalue weighted by molar-refractivity contribution is 6.28. The van der Waals surface area contributed by atoms with Gasteiger partial charge in [-0.1, -0.05) is 13.3 Å². The van der Waals surface area contributed by atoms with Crippen LogP contribution in [-0.2, 0) is 11.2 Å². The number of hydrogen-bond acceptors (Lipinski definition) is 4. The average Bonchev–Trinajstić information content (AvgIpc) is 2.21. The maximum Gasteiger partial charge on any atom is 0.224 e. The molecule has 2 heterocycles. The van der Waals surface area contributed by atoms with Gasteiger partial charge in [0.25, 0.3) is 0 Å². The Morgan fingerprint density at radius 3 is 2.94 bits per heavy atom. The van der Waals surface area contributed by atoms with E-state index in [9.17, 15) is 4.79 Å². The Bertz CT molecular complexity index is 433. The molecule has 1 aliphatic rings. The number of hydrogen-bond donors (Lipinski definition) is 1. The van der Waals surface area contributed by atoms with Gasteiger partial charge >= 0.3 is 0 Å². The number of nitrogens with zero attached hydrogens (tertiary/aromatic N) is 2. The molecule has 0 spiro atoms. The van der Waals surface area contributed by atoms with E-state index in [0.29, 0.717) is 6.42 Å². The third-order valence-corrected chi connectivity index (χ3v) is 2.98. The zero-order chi connectivity index (χ0) is 11.7. The monoisotopic (exact) mass is 239 g/mol. The van der Waals surface area contributed by atoms with Crippen molar-refractivity contribution in [3.63, 3.8) is 0 Å². The van der Waals surface area contributed by atoms with Gasteiger partial charge in [-0.05, 0) is 24.9 Å². The highest BCUT2D eigenvalue weighted by atomic mass is 35.5. The van der Waals surface area contributed by atoms with E-state index in [1.165, 1.54) is 0 Å². The van der Waals surface area contributed by atoms with E-state index < -0.39 is 0 Å². The van der Waals surface area contributed by atoms with Crippen molar-refractivity contribution in [2.75, 3.05) is 5.32 Å². The summed E-state index contributed by atoms with van der Waals surface area (Å²) in [5.41, 5.74) is 1.66. The van der Waals surface area contributed by atoms with Gasteiger partial charge in [-0.25, -0.2) is 9.97 Å². The molecule has 1 atom stereocenters. The van der Waals surface area contributed by atoms with Crippen molar-refractivity contribution in [1.29, 1.82) is 0 Å². The second-order valence-electron chi connectivity index (χ2n) is 4.03. The molecule has 1 aromatic heterocycles. The van der Waals surface area contributed by atoms with Gasteiger partial charge in [-0.15, -0.1) is 0 Å². The third-order valence-electron chi connectivity index (χ3n) is 2.81. The van der Waals surface area contributed by atoms with Gasteiger partial charge < -0.3 is 5.32 Å². The first-order valence-electron chi connectivity index (χ1n) is 5.44. The number of nitrogens with one attached hydrogen (secondary N) is 1. The van der Waals surface area contributed by atoms with Crippen LogP contribution in [0.15, 0.2) is 0 Å². The minimum Gasteiger partial charge on any atom is -0.360 e. The number of aromatic nitrogens is 2. The largest absolute Gasteiger partial charge is 0.360 e. The minimum absolute atomic E-state index is 0.122. The lowest BCUT2D eigenvalue weighted by Gasteiger charge is -2.25. The number of carbonyl (C=O) groups excluding carboxylic acids is 1. The fourth-order valence-corrected chi connectivity index (χ4v) is 2.17. The molecule has 4 nitrogen and oxygen atoms in total. The Labute approximate surface area is 99.4 Å². The van der Waals surface area contributed by atoms with Gasteiger partial charge in [0, 0.05) is 17.7 Å². The van der Waals surface area contributed by atoms with Crippen LogP contribution >= 0.6 is 11.6 Å². The number of carbonyl (C=O) groups is 1. The summed E-state index contributed by atoms with van der Waals surface area (Å²) >= 11 is 5.80. The zero-order valence-corrected chi connectivity index (χ0v) is 10.1. The number of rotatable bonds is 2. The molecule has 0 fully saturated rings. The average molecular weight is 240 g/mol. The van der Waals surface area contributed by atoms with Crippen molar-refractivity contribution in [1.82, 2.24) is 9.97 Å². The van der Waals surface area contributed by atoms with Gasteiger partial charge in [0.05, 0.1) is 6.04 Å². The summed E-state index contributed by atoms with van der Waals surface area (Å²) in [7, 11) is 0. The summed E-state index contributed by atoms with van der Waals surface area (Å²) in [5.74, 6) is 0.930. The Morgan fingerprint density at radius 2 is 2.25 bits per heavy atom. The first-order valence-corrected chi connectivity index (χ1v) is 5.82. The molecule has 16 heavy (non-hydrogen) atoms. The quantitative estimate of drug-likeness (QED) is 0.804. The maximum atomic E-state index is 11.8. The molecule has 0 aromatic carbocycles. The number of ketones is 1. The summed E-state index contributed by atoms with van der Waals surface area (Å²) in [4.78, 5) is 20.0. The van der Waals surface area contributed by atoms with Crippen molar-refractivity contribution >= 4 is 23.2 Å². The number of Topliss-reactive ketones (excluding diaryl/α,β-unsaturated/α-hetero) is 1. The molecule has 0 saturated carbocycles. The zero-order valence-electron chi connectivity index (χ0n) is 9.38. The molecular weight excluding hydrogens is 226 g/mol. The maximum absolute atomic E-state index is 11.8. The molecule has 0 aliphatic carbocycles. The number of halogens is 1. The topological polar surface area (TPSA) is 54.9 Å². The summed E-state index contributed by atoms with van der Waals surface area (Å²) in [6.45, 7) is 3.91. The molecule has 1 aliphatic heterocycles. The van der Waals surface area contributed by atoms with Gasteiger partial charge in [-0.2, -0.15) is 0 Å². The SMILES string of the molecule is CCCC1Nc2nc(Cl)nc(C)c2CC1=O. The van der Waals surface area contributed by atoms with E-state index in [1.54, 1.807) is 0 Å². The lowest BCUT2D eigenvalue weighted by atomic mass is 9.96. The van der Waals surface area contributed by atoms with Crippen LogP contribution in [0.4, 0.5) is 5.82 Å². The molecule has 1 aromatic rings. The van der Waals surface area contributed by atoms with Crippen LogP contribution in [0, 0.1) is 6.92 Å². The van der Waals surface area contributed by atoms with Crippen molar-refractivity contribution in [3.05, 3.63) is 16.5 Å². The molecule has 86 valence electrons. The Balaban J connectivity index is 2.35. The molecule has 1 N–H and O–H groups in total. The second kappa shape index (κ2) is 4.37. The first-order chi connectivity index (χ1) is 7.61. The van der Waals surface area contributed by atoms with Gasteiger partial charge in [0.1, 0.15) is 5.82 Å².